The quantitative estimate of drug-likeness (QED) is 0.811. The van der Waals surface area contributed by atoms with Crippen LogP contribution in [0.1, 0.15) is 35.3 Å². The molecule has 0 saturated heterocycles. The molecule has 4 heteroatoms. The van der Waals surface area contributed by atoms with Crippen LogP contribution in [0.3, 0.4) is 0 Å². The summed E-state index contributed by atoms with van der Waals surface area (Å²) in [6, 6.07) is 4.35. The van der Waals surface area contributed by atoms with Crippen molar-refractivity contribution in [1.29, 1.82) is 0 Å². The first-order chi connectivity index (χ1) is 6.56. The lowest BCUT2D eigenvalue weighted by molar-refractivity contribution is 0.0697. The number of hydrogen-bond donors (Lipinski definition) is 2. The third kappa shape index (κ3) is 2.25. The standard InChI is InChI=1S/C10H12ClNO2/c1-2-9(12)7-5-6(10(13)14)3-4-8(7)11/h3-5,9H,2,12H2,1H3,(H,13,14). The largest absolute Gasteiger partial charge is 0.478 e. The molecule has 0 heterocycles. The van der Waals surface area contributed by atoms with Gasteiger partial charge in [-0.05, 0) is 30.2 Å². The van der Waals surface area contributed by atoms with Gasteiger partial charge in [-0.3, -0.25) is 0 Å². The first kappa shape index (κ1) is 11.0. The first-order valence-corrected chi connectivity index (χ1v) is 4.72. The van der Waals surface area contributed by atoms with Gasteiger partial charge in [0.05, 0.1) is 5.56 Å². The first-order valence-electron chi connectivity index (χ1n) is 4.34. The second-order valence-corrected chi connectivity index (χ2v) is 3.46. The summed E-state index contributed by atoms with van der Waals surface area (Å²) >= 11 is 5.90. The Hall–Kier alpha value is -1.06. The van der Waals surface area contributed by atoms with Crippen LogP contribution in [0.2, 0.25) is 5.02 Å². The summed E-state index contributed by atoms with van der Waals surface area (Å²) < 4.78 is 0. The van der Waals surface area contributed by atoms with Crippen LogP contribution in [0.25, 0.3) is 0 Å². The van der Waals surface area contributed by atoms with Crippen molar-refractivity contribution < 1.29 is 9.90 Å². The van der Waals surface area contributed by atoms with E-state index >= 15 is 0 Å². The molecule has 1 aromatic carbocycles. The maximum Gasteiger partial charge on any atom is 0.335 e. The Labute approximate surface area is 87.5 Å². The van der Waals surface area contributed by atoms with Crippen LogP contribution in [0.4, 0.5) is 0 Å². The fraction of sp³-hybridized carbons (Fsp3) is 0.300. The van der Waals surface area contributed by atoms with Gasteiger partial charge in [-0.1, -0.05) is 18.5 Å². The summed E-state index contributed by atoms with van der Waals surface area (Å²) in [6.45, 7) is 1.93. The van der Waals surface area contributed by atoms with Gasteiger partial charge in [-0.15, -0.1) is 0 Å². The number of carboxylic acids is 1. The van der Waals surface area contributed by atoms with E-state index in [0.29, 0.717) is 10.6 Å². The average Bonchev–Trinajstić information content (AvgIpc) is 2.17. The van der Waals surface area contributed by atoms with E-state index in [1.54, 1.807) is 6.07 Å². The lowest BCUT2D eigenvalue weighted by Crippen LogP contribution is -2.10. The van der Waals surface area contributed by atoms with E-state index in [1.807, 2.05) is 6.92 Å². The molecule has 1 aromatic rings. The maximum absolute atomic E-state index is 10.7. The summed E-state index contributed by atoms with van der Waals surface area (Å²) in [5.74, 6) is -0.966. The fourth-order valence-electron chi connectivity index (χ4n) is 1.18. The molecule has 0 fully saturated rings. The van der Waals surface area contributed by atoms with Crippen LogP contribution in [-0.2, 0) is 0 Å². The molecule has 1 atom stereocenters. The summed E-state index contributed by atoms with van der Waals surface area (Å²) in [5.41, 5.74) is 6.69. The van der Waals surface area contributed by atoms with Crippen molar-refractivity contribution in [3.63, 3.8) is 0 Å². The molecule has 0 aliphatic rings. The van der Waals surface area contributed by atoms with Gasteiger partial charge in [0.25, 0.3) is 0 Å². The number of aromatic carboxylic acids is 1. The fourth-order valence-corrected chi connectivity index (χ4v) is 1.44. The highest BCUT2D eigenvalue weighted by Gasteiger charge is 2.11. The SMILES string of the molecule is CCC(N)c1cc(C(=O)O)ccc1Cl. The highest BCUT2D eigenvalue weighted by Crippen LogP contribution is 2.24. The molecule has 0 aliphatic heterocycles. The average molecular weight is 214 g/mol. The van der Waals surface area contributed by atoms with Gasteiger partial charge in [0, 0.05) is 11.1 Å². The Kier molecular flexibility index (Phi) is 3.49. The number of nitrogens with two attached hydrogens (primary N) is 1. The Morgan fingerprint density at radius 2 is 2.29 bits per heavy atom. The zero-order valence-electron chi connectivity index (χ0n) is 7.83. The van der Waals surface area contributed by atoms with Crippen molar-refractivity contribution in [2.45, 2.75) is 19.4 Å². The molecule has 14 heavy (non-hydrogen) atoms. The van der Waals surface area contributed by atoms with Crippen molar-refractivity contribution in [3.05, 3.63) is 34.3 Å². The molecule has 1 rings (SSSR count). The van der Waals surface area contributed by atoms with Gasteiger partial charge in [0.15, 0.2) is 0 Å². The summed E-state index contributed by atoms with van der Waals surface area (Å²) in [4.78, 5) is 10.7. The van der Waals surface area contributed by atoms with Gasteiger partial charge in [0.1, 0.15) is 0 Å². The van der Waals surface area contributed by atoms with E-state index in [2.05, 4.69) is 0 Å². The molecule has 0 amide bonds. The lowest BCUT2D eigenvalue weighted by atomic mass is 10.0. The highest BCUT2D eigenvalue weighted by molar-refractivity contribution is 6.31. The van der Waals surface area contributed by atoms with Gasteiger partial charge in [0.2, 0.25) is 0 Å². The molecule has 0 saturated carbocycles. The molecule has 3 N–H and O–H groups in total. The zero-order chi connectivity index (χ0) is 10.7. The highest BCUT2D eigenvalue weighted by atomic mass is 35.5. The van der Waals surface area contributed by atoms with Gasteiger partial charge >= 0.3 is 5.97 Å². The Bertz CT molecular complexity index is 352. The molecular formula is C10H12ClNO2. The molecule has 0 aliphatic carbocycles. The third-order valence-electron chi connectivity index (χ3n) is 2.08. The van der Waals surface area contributed by atoms with Crippen LogP contribution in [0.15, 0.2) is 18.2 Å². The number of hydrogen-bond acceptors (Lipinski definition) is 2. The minimum Gasteiger partial charge on any atom is -0.478 e. The number of carbonyl (C=O) groups is 1. The smallest absolute Gasteiger partial charge is 0.335 e. The van der Waals surface area contributed by atoms with Crippen LogP contribution in [-0.4, -0.2) is 11.1 Å². The van der Waals surface area contributed by atoms with Crippen LogP contribution < -0.4 is 5.73 Å². The van der Waals surface area contributed by atoms with E-state index in [9.17, 15) is 4.79 Å². The molecule has 0 bridgehead atoms. The molecular weight excluding hydrogens is 202 g/mol. The number of rotatable bonds is 3. The molecule has 0 aromatic heterocycles. The second-order valence-electron chi connectivity index (χ2n) is 3.06. The summed E-state index contributed by atoms with van der Waals surface area (Å²) in [5, 5.41) is 9.29. The zero-order valence-corrected chi connectivity index (χ0v) is 8.58. The van der Waals surface area contributed by atoms with Crippen molar-refractivity contribution in [2.24, 2.45) is 5.73 Å². The van der Waals surface area contributed by atoms with E-state index < -0.39 is 5.97 Å². The van der Waals surface area contributed by atoms with Crippen LogP contribution in [0.5, 0.6) is 0 Å². The van der Waals surface area contributed by atoms with Crippen LogP contribution in [0, 0.1) is 0 Å². The van der Waals surface area contributed by atoms with Crippen LogP contribution >= 0.6 is 11.6 Å². The second kappa shape index (κ2) is 4.44. The van der Waals surface area contributed by atoms with Crippen molar-refractivity contribution in [1.82, 2.24) is 0 Å². The van der Waals surface area contributed by atoms with Crippen molar-refractivity contribution in [3.8, 4) is 0 Å². The minimum atomic E-state index is -0.966. The van der Waals surface area contributed by atoms with E-state index in [0.717, 1.165) is 6.42 Å². The van der Waals surface area contributed by atoms with E-state index in [-0.39, 0.29) is 11.6 Å². The predicted molar refractivity (Wildman–Crippen MR) is 55.6 cm³/mol. The van der Waals surface area contributed by atoms with Gasteiger partial charge in [-0.2, -0.15) is 0 Å². The summed E-state index contributed by atoms with van der Waals surface area (Å²) in [6.07, 6.45) is 0.725. The Morgan fingerprint density at radius 1 is 1.64 bits per heavy atom. The van der Waals surface area contributed by atoms with E-state index in [4.69, 9.17) is 22.4 Å². The monoisotopic (exact) mass is 213 g/mol. The van der Waals surface area contributed by atoms with Gasteiger partial charge in [-0.25, -0.2) is 4.79 Å². The third-order valence-corrected chi connectivity index (χ3v) is 2.43. The molecule has 76 valence electrons. The molecule has 0 radical (unpaired) electrons. The molecule has 1 unspecified atom stereocenters. The normalized spacial score (nSPS) is 12.5. The number of halogens is 1. The predicted octanol–water partition coefficient (Wildman–Crippen LogP) is 2.45. The van der Waals surface area contributed by atoms with Gasteiger partial charge < -0.3 is 10.8 Å². The van der Waals surface area contributed by atoms with Crippen molar-refractivity contribution in [2.75, 3.05) is 0 Å². The number of benzene rings is 1. The molecule has 0 spiro atoms. The Balaban J connectivity index is 3.14. The topological polar surface area (TPSA) is 63.3 Å². The molecule has 3 nitrogen and oxygen atoms in total. The van der Waals surface area contributed by atoms with E-state index in [1.165, 1.54) is 12.1 Å². The minimum absolute atomic E-state index is 0.207. The number of carboxylic acid groups (broad SMARTS) is 1. The summed E-state index contributed by atoms with van der Waals surface area (Å²) in [7, 11) is 0. The van der Waals surface area contributed by atoms with Crippen molar-refractivity contribution >= 4 is 17.6 Å². The Morgan fingerprint density at radius 3 is 2.79 bits per heavy atom. The maximum atomic E-state index is 10.7. The lowest BCUT2D eigenvalue weighted by Gasteiger charge is -2.11.